The van der Waals surface area contributed by atoms with Gasteiger partial charge in [-0.3, -0.25) is 19.7 Å². The van der Waals surface area contributed by atoms with Gasteiger partial charge in [0.1, 0.15) is 5.56 Å². The smallest absolute Gasteiger partial charge is 0.345 e. The third kappa shape index (κ3) is 4.06. The maximum absolute atomic E-state index is 12.6. The average molecular weight is 393 g/mol. The summed E-state index contributed by atoms with van der Waals surface area (Å²) in [5.74, 6) is -1.76. The SMILES string of the molecule is CC(=O)c1c(C)[nH]c(C(=O)C(C)OC(=O)c2ccc(Cl)cc2[N+](=O)[O-])c1C. The molecular weight excluding hydrogens is 376 g/mol. The van der Waals surface area contributed by atoms with E-state index in [9.17, 15) is 24.5 Å². The number of Topliss-reactive ketones (excluding diaryl/α,β-unsaturated/α-hetero) is 2. The molecule has 27 heavy (non-hydrogen) atoms. The zero-order valence-corrected chi connectivity index (χ0v) is 15.8. The minimum Gasteiger partial charge on any atom is -0.450 e. The fraction of sp³-hybridized carbons (Fsp3) is 0.278. The lowest BCUT2D eigenvalue weighted by atomic mass is 10.0. The van der Waals surface area contributed by atoms with E-state index in [2.05, 4.69) is 4.98 Å². The molecule has 0 saturated carbocycles. The Morgan fingerprint density at radius 3 is 2.41 bits per heavy atom. The first-order valence-corrected chi connectivity index (χ1v) is 8.31. The van der Waals surface area contributed by atoms with Gasteiger partial charge < -0.3 is 9.72 Å². The van der Waals surface area contributed by atoms with Gasteiger partial charge in [0.25, 0.3) is 5.69 Å². The van der Waals surface area contributed by atoms with Crippen molar-refractivity contribution in [3.63, 3.8) is 0 Å². The van der Waals surface area contributed by atoms with Crippen LogP contribution in [-0.4, -0.2) is 33.5 Å². The van der Waals surface area contributed by atoms with E-state index >= 15 is 0 Å². The number of nitro benzene ring substituents is 1. The molecule has 9 heteroatoms. The van der Waals surface area contributed by atoms with Crippen LogP contribution in [0.1, 0.15) is 56.3 Å². The fourth-order valence-electron chi connectivity index (χ4n) is 2.83. The maximum atomic E-state index is 12.6. The molecule has 0 fully saturated rings. The number of nitrogens with zero attached hydrogens (tertiary/aromatic N) is 1. The molecule has 1 N–H and O–H groups in total. The summed E-state index contributed by atoms with van der Waals surface area (Å²) in [6.45, 7) is 6.02. The zero-order chi connectivity index (χ0) is 20.5. The van der Waals surface area contributed by atoms with Crippen molar-refractivity contribution in [3.05, 3.63) is 61.4 Å². The van der Waals surface area contributed by atoms with E-state index in [1.54, 1.807) is 13.8 Å². The van der Waals surface area contributed by atoms with Crippen LogP contribution >= 0.6 is 11.6 Å². The summed E-state index contributed by atoms with van der Waals surface area (Å²) in [5, 5.41) is 11.2. The highest BCUT2D eigenvalue weighted by atomic mass is 35.5. The number of esters is 1. The lowest BCUT2D eigenvalue weighted by Gasteiger charge is -2.12. The normalized spacial score (nSPS) is 11.7. The van der Waals surface area contributed by atoms with Crippen molar-refractivity contribution in [2.45, 2.75) is 33.8 Å². The highest BCUT2D eigenvalue weighted by Gasteiger charge is 2.29. The molecule has 2 rings (SSSR count). The van der Waals surface area contributed by atoms with Crippen LogP contribution in [0.25, 0.3) is 0 Å². The molecule has 1 atom stereocenters. The second-order valence-electron chi connectivity index (χ2n) is 6.01. The van der Waals surface area contributed by atoms with Crippen molar-refractivity contribution >= 4 is 34.8 Å². The van der Waals surface area contributed by atoms with Gasteiger partial charge in [0.2, 0.25) is 5.78 Å². The maximum Gasteiger partial charge on any atom is 0.345 e. The number of aryl methyl sites for hydroxylation is 1. The highest BCUT2D eigenvalue weighted by molar-refractivity contribution is 6.31. The van der Waals surface area contributed by atoms with E-state index in [0.717, 1.165) is 12.1 Å². The second kappa shape index (κ2) is 7.71. The number of halogens is 1. The van der Waals surface area contributed by atoms with Gasteiger partial charge in [-0.2, -0.15) is 0 Å². The Balaban J connectivity index is 2.28. The van der Waals surface area contributed by atoms with Crippen molar-refractivity contribution in [2.24, 2.45) is 0 Å². The number of ketones is 2. The molecule has 0 aliphatic rings. The monoisotopic (exact) mass is 392 g/mol. The molecule has 1 heterocycles. The van der Waals surface area contributed by atoms with Gasteiger partial charge in [-0.25, -0.2) is 4.79 Å². The van der Waals surface area contributed by atoms with Crippen molar-refractivity contribution < 1.29 is 24.0 Å². The molecule has 1 aromatic carbocycles. The predicted molar refractivity (Wildman–Crippen MR) is 97.6 cm³/mol. The Morgan fingerprint density at radius 2 is 1.89 bits per heavy atom. The number of nitro groups is 1. The fourth-order valence-corrected chi connectivity index (χ4v) is 3.00. The van der Waals surface area contributed by atoms with Gasteiger partial charge in [0.15, 0.2) is 11.9 Å². The first-order chi connectivity index (χ1) is 12.5. The molecule has 0 aliphatic carbocycles. The lowest BCUT2D eigenvalue weighted by molar-refractivity contribution is -0.385. The van der Waals surface area contributed by atoms with E-state index in [4.69, 9.17) is 16.3 Å². The number of aromatic amines is 1. The van der Waals surface area contributed by atoms with Crippen LogP contribution < -0.4 is 0 Å². The summed E-state index contributed by atoms with van der Waals surface area (Å²) in [4.78, 5) is 49.8. The van der Waals surface area contributed by atoms with Crippen LogP contribution in [0.15, 0.2) is 18.2 Å². The summed E-state index contributed by atoms with van der Waals surface area (Å²) in [5.41, 5.74) is 0.736. The molecule has 0 aliphatic heterocycles. The number of H-pyrrole nitrogens is 1. The summed E-state index contributed by atoms with van der Waals surface area (Å²) in [6, 6.07) is 3.51. The Labute approximate surface area is 159 Å². The molecule has 2 aromatic rings. The first-order valence-electron chi connectivity index (χ1n) is 7.93. The van der Waals surface area contributed by atoms with E-state index in [1.807, 2.05) is 0 Å². The Hall–Kier alpha value is -3.00. The van der Waals surface area contributed by atoms with E-state index in [0.29, 0.717) is 16.8 Å². The highest BCUT2D eigenvalue weighted by Crippen LogP contribution is 2.25. The molecular formula is C18H17ClN2O6. The third-order valence-electron chi connectivity index (χ3n) is 4.07. The Morgan fingerprint density at radius 1 is 1.26 bits per heavy atom. The molecule has 142 valence electrons. The number of nitrogens with one attached hydrogen (secondary N) is 1. The van der Waals surface area contributed by atoms with Gasteiger partial charge >= 0.3 is 5.97 Å². The Bertz CT molecular complexity index is 963. The molecule has 0 radical (unpaired) electrons. The van der Waals surface area contributed by atoms with Crippen LogP contribution in [0.3, 0.4) is 0 Å². The number of benzene rings is 1. The second-order valence-corrected chi connectivity index (χ2v) is 6.45. The summed E-state index contributed by atoms with van der Waals surface area (Å²) in [7, 11) is 0. The molecule has 0 spiro atoms. The molecule has 1 unspecified atom stereocenters. The van der Waals surface area contributed by atoms with Crippen LogP contribution in [0, 0.1) is 24.0 Å². The summed E-state index contributed by atoms with van der Waals surface area (Å²) < 4.78 is 5.11. The number of carbonyl (C=O) groups is 3. The van der Waals surface area contributed by atoms with Gasteiger partial charge in [-0.05, 0) is 45.4 Å². The van der Waals surface area contributed by atoms with Gasteiger partial charge in [0, 0.05) is 22.3 Å². The topological polar surface area (TPSA) is 119 Å². The number of aromatic nitrogens is 1. The molecule has 0 saturated heterocycles. The van der Waals surface area contributed by atoms with Crippen LogP contribution in [-0.2, 0) is 4.74 Å². The minimum absolute atomic E-state index is 0.0941. The number of hydrogen-bond donors (Lipinski definition) is 1. The lowest BCUT2D eigenvalue weighted by Crippen LogP contribution is -2.25. The molecule has 8 nitrogen and oxygen atoms in total. The number of hydrogen-bond acceptors (Lipinski definition) is 6. The number of carbonyl (C=O) groups excluding carboxylic acids is 3. The van der Waals surface area contributed by atoms with E-state index in [-0.39, 0.29) is 22.1 Å². The van der Waals surface area contributed by atoms with Crippen LogP contribution in [0.4, 0.5) is 5.69 Å². The minimum atomic E-state index is -1.22. The third-order valence-corrected chi connectivity index (χ3v) is 4.30. The molecule has 0 bridgehead atoms. The van der Waals surface area contributed by atoms with Gasteiger partial charge in [-0.1, -0.05) is 11.6 Å². The summed E-state index contributed by atoms with van der Waals surface area (Å²) >= 11 is 5.72. The van der Waals surface area contributed by atoms with E-state index in [1.165, 1.54) is 19.9 Å². The van der Waals surface area contributed by atoms with Crippen molar-refractivity contribution in [2.75, 3.05) is 0 Å². The largest absolute Gasteiger partial charge is 0.450 e. The van der Waals surface area contributed by atoms with Crippen molar-refractivity contribution in [3.8, 4) is 0 Å². The average Bonchev–Trinajstić information content (AvgIpc) is 2.88. The first kappa shape index (κ1) is 20.3. The Kier molecular flexibility index (Phi) is 5.80. The van der Waals surface area contributed by atoms with Gasteiger partial charge in [-0.15, -0.1) is 0 Å². The molecule has 1 aromatic heterocycles. The van der Waals surface area contributed by atoms with E-state index < -0.39 is 28.5 Å². The quantitative estimate of drug-likeness (QED) is 0.345. The number of rotatable bonds is 6. The van der Waals surface area contributed by atoms with Gasteiger partial charge in [0.05, 0.1) is 10.6 Å². The predicted octanol–water partition coefficient (Wildman–Crippen LogP) is 3.82. The standard InChI is InChI=1S/C18H17ClN2O6/c1-8-15(10(3)22)9(2)20-16(8)17(23)11(4)27-18(24)13-6-5-12(19)7-14(13)21(25)26/h5-7,11,20H,1-4H3. The van der Waals surface area contributed by atoms with Crippen molar-refractivity contribution in [1.82, 2.24) is 4.98 Å². The van der Waals surface area contributed by atoms with Crippen LogP contribution in [0.2, 0.25) is 5.02 Å². The number of ether oxygens (including phenoxy) is 1. The summed E-state index contributed by atoms with van der Waals surface area (Å²) in [6.07, 6.45) is -1.22. The zero-order valence-electron chi connectivity index (χ0n) is 15.1. The molecule has 0 amide bonds. The van der Waals surface area contributed by atoms with Crippen molar-refractivity contribution in [1.29, 1.82) is 0 Å². The van der Waals surface area contributed by atoms with Crippen LogP contribution in [0.5, 0.6) is 0 Å².